The number of aryl methyl sites for hydroxylation is 2. The molecule has 2 heteroatoms. The van der Waals surface area contributed by atoms with E-state index in [1.807, 2.05) is 0 Å². The zero-order valence-corrected chi connectivity index (χ0v) is 12.8. The van der Waals surface area contributed by atoms with Crippen molar-refractivity contribution in [3.8, 4) is 0 Å². The van der Waals surface area contributed by atoms with Crippen molar-refractivity contribution in [1.82, 2.24) is 0 Å². The van der Waals surface area contributed by atoms with E-state index in [1.54, 1.807) is 0 Å². The van der Waals surface area contributed by atoms with Crippen LogP contribution in [0.1, 0.15) is 44.7 Å². The molecule has 1 atom stereocenters. The average Bonchev–Trinajstić information content (AvgIpc) is 2.29. The third-order valence-electron chi connectivity index (χ3n) is 3.36. The van der Waals surface area contributed by atoms with Gasteiger partial charge in [-0.2, -0.15) is 0 Å². The van der Waals surface area contributed by atoms with Crippen molar-refractivity contribution in [3.63, 3.8) is 0 Å². The molecule has 96 valence electrons. The van der Waals surface area contributed by atoms with Crippen molar-refractivity contribution in [2.45, 2.75) is 52.5 Å². The zero-order valence-electron chi connectivity index (χ0n) is 11.2. The normalized spacial score (nSPS) is 13.1. The van der Waals surface area contributed by atoms with Gasteiger partial charge in [0.05, 0.1) is 0 Å². The van der Waals surface area contributed by atoms with E-state index in [2.05, 4.69) is 54.9 Å². The SMILES string of the molecule is CCc1ccc(CCCC(N)C(C)C)cc1Br. The molecule has 1 aromatic rings. The van der Waals surface area contributed by atoms with Crippen LogP contribution in [0.4, 0.5) is 0 Å². The highest BCUT2D eigenvalue weighted by Crippen LogP contribution is 2.20. The molecule has 1 rings (SSSR count). The Labute approximate surface area is 114 Å². The summed E-state index contributed by atoms with van der Waals surface area (Å²) in [5.74, 6) is 0.587. The van der Waals surface area contributed by atoms with E-state index in [9.17, 15) is 0 Å². The summed E-state index contributed by atoms with van der Waals surface area (Å²) in [6.07, 6.45) is 4.50. The lowest BCUT2D eigenvalue weighted by molar-refractivity contribution is 0.452. The maximum atomic E-state index is 6.05. The topological polar surface area (TPSA) is 26.0 Å². The number of hydrogen-bond donors (Lipinski definition) is 1. The molecule has 0 amide bonds. The third-order valence-corrected chi connectivity index (χ3v) is 4.10. The molecule has 1 nitrogen and oxygen atoms in total. The molecule has 0 aliphatic heterocycles. The molecule has 0 radical (unpaired) electrons. The highest BCUT2D eigenvalue weighted by atomic mass is 79.9. The lowest BCUT2D eigenvalue weighted by atomic mass is 9.97. The molecule has 0 fully saturated rings. The fourth-order valence-corrected chi connectivity index (χ4v) is 2.61. The van der Waals surface area contributed by atoms with Gasteiger partial charge in [-0.3, -0.25) is 0 Å². The molecule has 0 aliphatic carbocycles. The summed E-state index contributed by atoms with van der Waals surface area (Å²) < 4.78 is 1.24. The van der Waals surface area contributed by atoms with Crippen LogP contribution in [-0.4, -0.2) is 6.04 Å². The minimum Gasteiger partial charge on any atom is -0.327 e. The Morgan fingerprint density at radius 3 is 2.53 bits per heavy atom. The first-order valence-corrected chi connectivity index (χ1v) is 7.36. The van der Waals surface area contributed by atoms with Crippen LogP contribution < -0.4 is 5.73 Å². The second-order valence-corrected chi connectivity index (χ2v) is 5.93. The predicted molar refractivity (Wildman–Crippen MR) is 79.3 cm³/mol. The van der Waals surface area contributed by atoms with Crippen LogP contribution in [0.15, 0.2) is 22.7 Å². The van der Waals surface area contributed by atoms with Crippen LogP contribution >= 0.6 is 15.9 Å². The fraction of sp³-hybridized carbons (Fsp3) is 0.600. The molecule has 17 heavy (non-hydrogen) atoms. The molecule has 1 unspecified atom stereocenters. The first kappa shape index (κ1) is 14.7. The molecular weight excluding hydrogens is 274 g/mol. The van der Waals surface area contributed by atoms with Gasteiger partial charge in [-0.1, -0.05) is 48.8 Å². The van der Waals surface area contributed by atoms with Crippen LogP contribution in [0.5, 0.6) is 0 Å². The van der Waals surface area contributed by atoms with E-state index in [0.29, 0.717) is 12.0 Å². The van der Waals surface area contributed by atoms with Gasteiger partial charge in [-0.05, 0) is 48.8 Å². The van der Waals surface area contributed by atoms with Crippen molar-refractivity contribution >= 4 is 15.9 Å². The second kappa shape index (κ2) is 7.17. The molecule has 0 aromatic heterocycles. The highest BCUT2D eigenvalue weighted by molar-refractivity contribution is 9.10. The minimum absolute atomic E-state index is 0.341. The van der Waals surface area contributed by atoms with Gasteiger partial charge in [0.25, 0.3) is 0 Å². The van der Waals surface area contributed by atoms with Crippen LogP contribution in [0, 0.1) is 5.92 Å². The van der Waals surface area contributed by atoms with E-state index < -0.39 is 0 Å². The van der Waals surface area contributed by atoms with E-state index in [1.165, 1.54) is 22.0 Å². The molecule has 0 saturated carbocycles. The molecule has 0 saturated heterocycles. The van der Waals surface area contributed by atoms with Crippen LogP contribution in [0.2, 0.25) is 0 Å². The minimum atomic E-state index is 0.341. The molecule has 0 bridgehead atoms. The highest BCUT2D eigenvalue weighted by Gasteiger charge is 2.07. The third kappa shape index (κ3) is 4.81. The number of benzene rings is 1. The molecule has 0 aliphatic rings. The lowest BCUT2D eigenvalue weighted by Gasteiger charge is -2.15. The Morgan fingerprint density at radius 1 is 1.29 bits per heavy atom. The van der Waals surface area contributed by atoms with Gasteiger partial charge in [0.2, 0.25) is 0 Å². The van der Waals surface area contributed by atoms with Gasteiger partial charge >= 0.3 is 0 Å². The number of rotatable bonds is 6. The number of halogens is 1. The summed E-state index contributed by atoms with van der Waals surface area (Å²) in [4.78, 5) is 0. The van der Waals surface area contributed by atoms with Gasteiger partial charge in [-0.25, -0.2) is 0 Å². The summed E-state index contributed by atoms with van der Waals surface area (Å²) in [5, 5.41) is 0. The van der Waals surface area contributed by atoms with Gasteiger partial charge in [0, 0.05) is 10.5 Å². The standard InChI is InChI=1S/C15H24BrN/c1-4-13-9-8-12(10-14(13)16)6-5-7-15(17)11(2)3/h8-11,15H,4-7,17H2,1-3H3. The Bertz CT molecular complexity index is 347. The first-order valence-electron chi connectivity index (χ1n) is 6.57. The van der Waals surface area contributed by atoms with Crippen LogP contribution in [-0.2, 0) is 12.8 Å². The Hall–Kier alpha value is -0.340. The molecule has 1 aromatic carbocycles. The number of hydrogen-bond acceptors (Lipinski definition) is 1. The summed E-state index contributed by atoms with van der Waals surface area (Å²) >= 11 is 3.63. The van der Waals surface area contributed by atoms with Crippen molar-refractivity contribution in [1.29, 1.82) is 0 Å². The monoisotopic (exact) mass is 297 g/mol. The van der Waals surface area contributed by atoms with E-state index >= 15 is 0 Å². The molecule has 2 N–H and O–H groups in total. The van der Waals surface area contributed by atoms with E-state index in [-0.39, 0.29) is 0 Å². The van der Waals surface area contributed by atoms with E-state index in [4.69, 9.17) is 5.73 Å². The molecule has 0 heterocycles. The van der Waals surface area contributed by atoms with Crippen molar-refractivity contribution in [2.24, 2.45) is 11.7 Å². The fourth-order valence-electron chi connectivity index (χ4n) is 1.91. The van der Waals surface area contributed by atoms with Crippen LogP contribution in [0.25, 0.3) is 0 Å². The average molecular weight is 298 g/mol. The summed E-state index contributed by atoms with van der Waals surface area (Å²) in [6.45, 7) is 6.57. The Balaban J connectivity index is 2.45. The summed E-state index contributed by atoms with van der Waals surface area (Å²) in [7, 11) is 0. The van der Waals surface area contributed by atoms with Crippen molar-refractivity contribution in [2.75, 3.05) is 0 Å². The summed E-state index contributed by atoms with van der Waals surface area (Å²) in [6, 6.07) is 7.06. The maximum Gasteiger partial charge on any atom is 0.0209 e. The van der Waals surface area contributed by atoms with Crippen LogP contribution in [0.3, 0.4) is 0 Å². The van der Waals surface area contributed by atoms with Crippen molar-refractivity contribution < 1.29 is 0 Å². The van der Waals surface area contributed by atoms with Crippen molar-refractivity contribution in [3.05, 3.63) is 33.8 Å². The van der Waals surface area contributed by atoms with E-state index in [0.717, 1.165) is 19.3 Å². The quantitative estimate of drug-likeness (QED) is 0.831. The van der Waals surface area contributed by atoms with Gasteiger partial charge < -0.3 is 5.73 Å². The molecular formula is C15H24BrN. The first-order chi connectivity index (χ1) is 8.04. The Morgan fingerprint density at radius 2 is 2.00 bits per heavy atom. The maximum absolute atomic E-state index is 6.05. The smallest absolute Gasteiger partial charge is 0.0209 e. The van der Waals surface area contributed by atoms with Gasteiger partial charge in [0.1, 0.15) is 0 Å². The lowest BCUT2D eigenvalue weighted by Crippen LogP contribution is -2.26. The van der Waals surface area contributed by atoms with Gasteiger partial charge in [-0.15, -0.1) is 0 Å². The Kier molecular flexibility index (Phi) is 6.21. The summed E-state index contributed by atoms with van der Waals surface area (Å²) in [5.41, 5.74) is 8.84. The second-order valence-electron chi connectivity index (χ2n) is 5.08. The van der Waals surface area contributed by atoms with Gasteiger partial charge in [0.15, 0.2) is 0 Å². The number of nitrogens with two attached hydrogens (primary N) is 1. The largest absolute Gasteiger partial charge is 0.327 e. The molecule has 0 spiro atoms. The zero-order chi connectivity index (χ0) is 12.8. The predicted octanol–water partition coefficient (Wildman–Crippen LogP) is 4.32.